The van der Waals surface area contributed by atoms with Gasteiger partial charge in [-0.2, -0.15) is 0 Å². The summed E-state index contributed by atoms with van der Waals surface area (Å²) in [5.74, 6) is 1.35. The first-order valence-corrected chi connectivity index (χ1v) is 11.0. The SMILES string of the molecule is CCOc1cc(CNCC(O)c2ccccc2)c(Br)cc1OCc1cccc(Cl)c1. The van der Waals surface area contributed by atoms with E-state index in [4.69, 9.17) is 21.1 Å². The Kier molecular flexibility index (Phi) is 8.58. The molecule has 3 aromatic carbocycles. The molecule has 30 heavy (non-hydrogen) atoms. The molecule has 0 aliphatic rings. The predicted octanol–water partition coefficient (Wildman–Crippen LogP) is 5.90. The van der Waals surface area contributed by atoms with Crippen LogP contribution in [0.3, 0.4) is 0 Å². The van der Waals surface area contributed by atoms with Gasteiger partial charge in [-0.3, -0.25) is 0 Å². The third-order valence-electron chi connectivity index (χ3n) is 4.53. The first-order valence-electron chi connectivity index (χ1n) is 9.83. The smallest absolute Gasteiger partial charge is 0.162 e. The molecule has 0 amide bonds. The molecule has 0 aliphatic heterocycles. The van der Waals surface area contributed by atoms with Crippen LogP contribution >= 0.6 is 27.5 Å². The van der Waals surface area contributed by atoms with Crippen LogP contribution < -0.4 is 14.8 Å². The van der Waals surface area contributed by atoms with Crippen LogP contribution in [-0.4, -0.2) is 18.3 Å². The fraction of sp³-hybridized carbons (Fsp3) is 0.250. The van der Waals surface area contributed by atoms with Crippen molar-refractivity contribution in [3.05, 3.63) is 92.9 Å². The van der Waals surface area contributed by atoms with Crippen LogP contribution in [0.5, 0.6) is 11.5 Å². The summed E-state index contributed by atoms with van der Waals surface area (Å²) in [5, 5.41) is 14.3. The number of benzene rings is 3. The maximum atomic E-state index is 10.3. The molecule has 0 aliphatic carbocycles. The Hall–Kier alpha value is -2.05. The summed E-state index contributed by atoms with van der Waals surface area (Å²) in [6.45, 7) is 3.91. The topological polar surface area (TPSA) is 50.7 Å². The maximum Gasteiger partial charge on any atom is 0.162 e. The van der Waals surface area contributed by atoms with Gasteiger partial charge in [0.25, 0.3) is 0 Å². The van der Waals surface area contributed by atoms with E-state index in [9.17, 15) is 5.11 Å². The highest BCUT2D eigenvalue weighted by Gasteiger charge is 2.13. The summed E-state index contributed by atoms with van der Waals surface area (Å²) >= 11 is 9.67. The maximum absolute atomic E-state index is 10.3. The number of hydrogen-bond acceptors (Lipinski definition) is 4. The average molecular weight is 491 g/mol. The van der Waals surface area contributed by atoms with Crippen molar-refractivity contribution in [1.82, 2.24) is 5.32 Å². The summed E-state index contributed by atoms with van der Waals surface area (Å²) in [7, 11) is 0. The standard InChI is InChI=1S/C24H25BrClNO3/c1-2-29-23-12-19(14-27-15-22(28)18-8-4-3-5-9-18)21(25)13-24(23)30-16-17-7-6-10-20(26)11-17/h3-13,22,27-28H,2,14-16H2,1H3. The van der Waals surface area contributed by atoms with E-state index in [1.165, 1.54) is 0 Å². The van der Waals surface area contributed by atoms with Gasteiger partial charge in [-0.05, 0) is 47.9 Å². The molecule has 6 heteroatoms. The van der Waals surface area contributed by atoms with Crippen molar-refractivity contribution < 1.29 is 14.6 Å². The van der Waals surface area contributed by atoms with E-state index < -0.39 is 6.10 Å². The lowest BCUT2D eigenvalue weighted by Crippen LogP contribution is -2.21. The quantitative estimate of drug-likeness (QED) is 0.371. The van der Waals surface area contributed by atoms with Gasteiger partial charge < -0.3 is 19.9 Å². The number of nitrogens with one attached hydrogen (secondary N) is 1. The third-order valence-corrected chi connectivity index (χ3v) is 5.51. The van der Waals surface area contributed by atoms with Crippen molar-refractivity contribution in [2.75, 3.05) is 13.2 Å². The molecule has 1 unspecified atom stereocenters. The van der Waals surface area contributed by atoms with E-state index >= 15 is 0 Å². The van der Waals surface area contributed by atoms with Crippen molar-refractivity contribution in [1.29, 1.82) is 0 Å². The fourth-order valence-electron chi connectivity index (χ4n) is 3.02. The summed E-state index contributed by atoms with van der Waals surface area (Å²) < 4.78 is 12.7. The van der Waals surface area contributed by atoms with Crippen molar-refractivity contribution in [2.24, 2.45) is 0 Å². The van der Waals surface area contributed by atoms with Crippen molar-refractivity contribution in [3.63, 3.8) is 0 Å². The number of ether oxygens (including phenoxy) is 2. The molecule has 3 aromatic rings. The van der Waals surface area contributed by atoms with E-state index in [1.807, 2.05) is 73.7 Å². The zero-order chi connectivity index (χ0) is 21.3. The number of hydrogen-bond donors (Lipinski definition) is 2. The summed E-state index contributed by atoms with van der Waals surface area (Å²) in [6.07, 6.45) is -0.559. The Morgan fingerprint density at radius 1 is 1.00 bits per heavy atom. The zero-order valence-corrected chi connectivity index (χ0v) is 19.1. The lowest BCUT2D eigenvalue weighted by atomic mass is 10.1. The highest BCUT2D eigenvalue weighted by Crippen LogP contribution is 2.34. The first-order chi connectivity index (χ1) is 14.6. The van der Waals surface area contributed by atoms with Gasteiger partial charge in [0.2, 0.25) is 0 Å². The minimum atomic E-state index is -0.559. The monoisotopic (exact) mass is 489 g/mol. The fourth-order valence-corrected chi connectivity index (χ4v) is 3.69. The molecule has 158 valence electrons. The number of aliphatic hydroxyl groups excluding tert-OH is 1. The average Bonchev–Trinajstić information content (AvgIpc) is 2.75. The van der Waals surface area contributed by atoms with E-state index in [0.717, 1.165) is 21.2 Å². The highest BCUT2D eigenvalue weighted by molar-refractivity contribution is 9.10. The zero-order valence-electron chi connectivity index (χ0n) is 16.8. The van der Waals surface area contributed by atoms with Gasteiger partial charge in [0.05, 0.1) is 12.7 Å². The molecule has 0 spiro atoms. The molecule has 4 nitrogen and oxygen atoms in total. The van der Waals surface area contributed by atoms with Gasteiger partial charge in [-0.15, -0.1) is 0 Å². The van der Waals surface area contributed by atoms with Crippen LogP contribution in [0, 0.1) is 0 Å². The van der Waals surface area contributed by atoms with Crippen LogP contribution in [0.1, 0.15) is 29.7 Å². The second-order valence-electron chi connectivity index (χ2n) is 6.80. The Morgan fingerprint density at radius 2 is 1.77 bits per heavy atom. The predicted molar refractivity (Wildman–Crippen MR) is 124 cm³/mol. The Balaban J connectivity index is 1.64. The van der Waals surface area contributed by atoms with Gasteiger partial charge in [-0.25, -0.2) is 0 Å². The van der Waals surface area contributed by atoms with Crippen LogP contribution in [-0.2, 0) is 13.2 Å². The van der Waals surface area contributed by atoms with Crippen molar-refractivity contribution >= 4 is 27.5 Å². The lowest BCUT2D eigenvalue weighted by Gasteiger charge is -2.16. The molecule has 0 radical (unpaired) electrons. The van der Waals surface area contributed by atoms with Crippen LogP contribution in [0.2, 0.25) is 5.02 Å². The summed E-state index contributed by atoms with van der Waals surface area (Å²) in [5.41, 5.74) is 2.90. The largest absolute Gasteiger partial charge is 0.490 e. The molecular formula is C24H25BrClNO3. The van der Waals surface area contributed by atoms with Crippen LogP contribution in [0.15, 0.2) is 71.2 Å². The van der Waals surface area contributed by atoms with E-state index in [-0.39, 0.29) is 0 Å². The highest BCUT2D eigenvalue weighted by atomic mass is 79.9. The van der Waals surface area contributed by atoms with Crippen LogP contribution in [0.25, 0.3) is 0 Å². The Labute approximate surface area is 190 Å². The molecule has 0 aromatic heterocycles. The minimum Gasteiger partial charge on any atom is -0.490 e. The van der Waals surface area contributed by atoms with Gasteiger partial charge in [0.15, 0.2) is 11.5 Å². The summed E-state index contributed by atoms with van der Waals surface area (Å²) in [6, 6.07) is 21.1. The molecule has 0 heterocycles. The van der Waals surface area contributed by atoms with Gasteiger partial charge >= 0.3 is 0 Å². The Morgan fingerprint density at radius 3 is 2.50 bits per heavy atom. The lowest BCUT2D eigenvalue weighted by molar-refractivity contribution is 0.174. The van der Waals surface area contributed by atoms with Gasteiger partial charge in [-0.1, -0.05) is 70.0 Å². The normalized spacial score (nSPS) is 11.9. The molecular weight excluding hydrogens is 466 g/mol. The molecule has 1 atom stereocenters. The third kappa shape index (κ3) is 6.47. The molecule has 0 saturated heterocycles. The molecule has 2 N–H and O–H groups in total. The van der Waals surface area contributed by atoms with E-state index in [1.54, 1.807) is 0 Å². The number of aliphatic hydroxyl groups is 1. The molecule has 3 rings (SSSR count). The van der Waals surface area contributed by atoms with Gasteiger partial charge in [0.1, 0.15) is 6.61 Å². The number of halogens is 2. The second-order valence-corrected chi connectivity index (χ2v) is 8.09. The molecule has 0 saturated carbocycles. The van der Waals surface area contributed by atoms with E-state index in [0.29, 0.717) is 42.8 Å². The van der Waals surface area contributed by atoms with Gasteiger partial charge in [0, 0.05) is 22.6 Å². The van der Waals surface area contributed by atoms with Crippen LogP contribution in [0.4, 0.5) is 0 Å². The summed E-state index contributed by atoms with van der Waals surface area (Å²) in [4.78, 5) is 0. The minimum absolute atomic E-state index is 0.397. The van der Waals surface area contributed by atoms with Crippen molar-refractivity contribution in [2.45, 2.75) is 26.2 Å². The number of rotatable bonds is 10. The van der Waals surface area contributed by atoms with Crippen molar-refractivity contribution in [3.8, 4) is 11.5 Å². The Bertz CT molecular complexity index is 952. The molecule has 0 fully saturated rings. The first kappa shape index (κ1) is 22.6. The molecule has 0 bridgehead atoms. The van der Waals surface area contributed by atoms with E-state index in [2.05, 4.69) is 21.2 Å². The second kappa shape index (κ2) is 11.4.